The van der Waals surface area contributed by atoms with Crippen molar-refractivity contribution in [2.45, 2.75) is 32.1 Å². The predicted molar refractivity (Wildman–Crippen MR) is 80.8 cm³/mol. The van der Waals surface area contributed by atoms with Crippen LogP contribution in [-0.4, -0.2) is 22.4 Å². The van der Waals surface area contributed by atoms with Crippen LogP contribution < -0.4 is 5.32 Å². The van der Waals surface area contributed by atoms with Gasteiger partial charge >= 0.3 is 0 Å². The first-order chi connectivity index (χ1) is 9.71. The summed E-state index contributed by atoms with van der Waals surface area (Å²) in [5.74, 6) is 1.12. The number of nitrogens with one attached hydrogen (secondary N) is 2. The standard InChI is InChI=1S/C15H19ClFN3/c16-9-15(6-2-1-3-7-15)10-18-14-19-12-5-4-11(17)8-13(12)20-14/h4-5,8H,1-3,6-7,9-10H2,(H2,18,19,20). The van der Waals surface area contributed by atoms with Gasteiger partial charge in [0, 0.05) is 17.8 Å². The van der Waals surface area contributed by atoms with Crippen LogP contribution in [0.25, 0.3) is 11.0 Å². The first-order valence-electron chi connectivity index (χ1n) is 7.16. The lowest BCUT2D eigenvalue weighted by Crippen LogP contribution is -2.34. The summed E-state index contributed by atoms with van der Waals surface area (Å²) in [6.07, 6.45) is 6.14. The minimum absolute atomic E-state index is 0.171. The molecule has 1 fully saturated rings. The molecule has 2 N–H and O–H groups in total. The summed E-state index contributed by atoms with van der Waals surface area (Å²) in [7, 11) is 0. The van der Waals surface area contributed by atoms with Crippen molar-refractivity contribution in [1.29, 1.82) is 0 Å². The number of hydrogen-bond donors (Lipinski definition) is 2. The van der Waals surface area contributed by atoms with E-state index in [1.54, 1.807) is 6.07 Å². The molecule has 3 rings (SSSR count). The number of anilines is 1. The van der Waals surface area contributed by atoms with Crippen molar-refractivity contribution in [3.8, 4) is 0 Å². The molecule has 0 atom stereocenters. The third-order valence-corrected chi connectivity index (χ3v) is 4.84. The zero-order chi connectivity index (χ0) is 14.0. The summed E-state index contributed by atoms with van der Waals surface area (Å²) in [5, 5.41) is 3.34. The van der Waals surface area contributed by atoms with Gasteiger partial charge in [0.2, 0.25) is 5.95 Å². The number of rotatable bonds is 4. The molecule has 0 bridgehead atoms. The van der Waals surface area contributed by atoms with Crippen LogP contribution in [0.1, 0.15) is 32.1 Å². The highest BCUT2D eigenvalue weighted by atomic mass is 35.5. The van der Waals surface area contributed by atoms with Crippen LogP contribution in [0.2, 0.25) is 0 Å². The molecule has 0 radical (unpaired) electrons. The second-order valence-corrected chi connectivity index (χ2v) is 6.06. The van der Waals surface area contributed by atoms with Crippen molar-refractivity contribution >= 4 is 28.6 Å². The number of benzene rings is 1. The summed E-state index contributed by atoms with van der Waals surface area (Å²) < 4.78 is 13.2. The fourth-order valence-corrected chi connectivity index (χ4v) is 3.36. The van der Waals surface area contributed by atoms with E-state index in [-0.39, 0.29) is 11.2 Å². The lowest BCUT2D eigenvalue weighted by molar-refractivity contribution is 0.237. The molecule has 5 heteroatoms. The molecule has 108 valence electrons. The number of hydrogen-bond acceptors (Lipinski definition) is 2. The lowest BCUT2D eigenvalue weighted by atomic mass is 9.75. The summed E-state index contributed by atoms with van der Waals surface area (Å²) >= 11 is 6.18. The van der Waals surface area contributed by atoms with Gasteiger partial charge in [0.1, 0.15) is 5.82 Å². The van der Waals surface area contributed by atoms with Crippen molar-refractivity contribution in [3.63, 3.8) is 0 Å². The van der Waals surface area contributed by atoms with Crippen molar-refractivity contribution in [3.05, 3.63) is 24.0 Å². The average Bonchev–Trinajstić information content (AvgIpc) is 2.88. The van der Waals surface area contributed by atoms with Crippen molar-refractivity contribution in [2.24, 2.45) is 5.41 Å². The number of aromatic amines is 1. The molecular formula is C15H19ClFN3. The van der Waals surface area contributed by atoms with E-state index in [1.165, 1.54) is 44.2 Å². The van der Waals surface area contributed by atoms with Gasteiger partial charge in [-0.05, 0) is 31.0 Å². The van der Waals surface area contributed by atoms with E-state index in [0.717, 1.165) is 17.6 Å². The largest absolute Gasteiger partial charge is 0.355 e. The molecule has 0 spiro atoms. The maximum absolute atomic E-state index is 13.2. The second kappa shape index (κ2) is 5.60. The zero-order valence-corrected chi connectivity index (χ0v) is 12.1. The van der Waals surface area contributed by atoms with E-state index < -0.39 is 0 Å². The maximum Gasteiger partial charge on any atom is 0.201 e. The number of halogens is 2. The Kier molecular flexibility index (Phi) is 3.83. The van der Waals surface area contributed by atoms with E-state index in [1.807, 2.05) is 0 Å². The molecule has 1 aromatic carbocycles. The smallest absolute Gasteiger partial charge is 0.201 e. The third kappa shape index (κ3) is 2.75. The Bertz CT molecular complexity index is 590. The molecule has 2 aromatic rings. The maximum atomic E-state index is 13.2. The van der Waals surface area contributed by atoms with Crippen molar-refractivity contribution in [1.82, 2.24) is 9.97 Å². The highest BCUT2D eigenvalue weighted by Gasteiger charge is 2.31. The Labute approximate surface area is 122 Å². The van der Waals surface area contributed by atoms with Crippen molar-refractivity contribution in [2.75, 3.05) is 17.7 Å². The van der Waals surface area contributed by atoms with E-state index in [0.29, 0.717) is 11.8 Å². The topological polar surface area (TPSA) is 40.7 Å². The number of aromatic nitrogens is 2. The fraction of sp³-hybridized carbons (Fsp3) is 0.533. The quantitative estimate of drug-likeness (QED) is 0.826. The SMILES string of the molecule is Fc1ccc2nc(NCC3(CCl)CCCCC3)[nH]c2c1. The first kappa shape index (κ1) is 13.7. The van der Waals surface area contributed by atoms with Gasteiger partial charge in [0.05, 0.1) is 11.0 Å². The zero-order valence-electron chi connectivity index (χ0n) is 11.4. The summed E-state index contributed by atoms with van der Waals surface area (Å²) in [6, 6.07) is 4.57. The average molecular weight is 296 g/mol. The fourth-order valence-electron chi connectivity index (χ4n) is 3.00. The molecule has 1 aliphatic carbocycles. The molecule has 1 aliphatic rings. The lowest BCUT2D eigenvalue weighted by Gasteiger charge is -2.35. The monoisotopic (exact) mass is 295 g/mol. The molecule has 3 nitrogen and oxygen atoms in total. The van der Waals surface area contributed by atoms with E-state index >= 15 is 0 Å². The first-order valence-corrected chi connectivity index (χ1v) is 7.69. The van der Waals surface area contributed by atoms with E-state index in [4.69, 9.17) is 11.6 Å². The van der Waals surface area contributed by atoms with Gasteiger partial charge in [-0.15, -0.1) is 11.6 Å². The Balaban J connectivity index is 1.72. The van der Waals surface area contributed by atoms with Crippen LogP contribution in [0.3, 0.4) is 0 Å². The third-order valence-electron chi connectivity index (χ3n) is 4.27. The Morgan fingerprint density at radius 2 is 2.10 bits per heavy atom. The summed E-state index contributed by atoms with van der Waals surface area (Å²) in [5.41, 5.74) is 1.66. The van der Waals surface area contributed by atoms with Gasteiger partial charge in [-0.25, -0.2) is 9.37 Å². The molecule has 20 heavy (non-hydrogen) atoms. The number of imidazole rings is 1. The van der Waals surface area contributed by atoms with Gasteiger partial charge in [-0.3, -0.25) is 0 Å². The van der Waals surface area contributed by atoms with Gasteiger partial charge in [-0.1, -0.05) is 19.3 Å². The minimum atomic E-state index is -0.253. The molecule has 0 saturated heterocycles. The van der Waals surface area contributed by atoms with Crippen LogP contribution in [0.5, 0.6) is 0 Å². The number of alkyl halides is 1. The number of H-pyrrole nitrogens is 1. The van der Waals surface area contributed by atoms with Crippen LogP contribution in [-0.2, 0) is 0 Å². The summed E-state index contributed by atoms with van der Waals surface area (Å²) in [6.45, 7) is 0.818. The van der Waals surface area contributed by atoms with Crippen LogP contribution in [0.4, 0.5) is 10.3 Å². The van der Waals surface area contributed by atoms with E-state index in [9.17, 15) is 4.39 Å². The number of nitrogens with zero attached hydrogens (tertiary/aromatic N) is 1. The molecule has 0 amide bonds. The second-order valence-electron chi connectivity index (χ2n) is 5.79. The molecule has 1 saturated carbocycles. The van der Waals surface area contributed by atoms with Crippen LogP contribution in [0.15, 0.2) is 18.2 Å². The van der Waals surface area contributed by atoms with E-state index in [2.05, 4.69) is 15.3 Å². The molecule has 1 heterocycles. The Morgan fingerprint density at radius 3 is 2.85 bits per heavy atom. The summed E-state index contributed by atoms with van der Waals surface area (Å²) in [4.78, 5) is 7.54. The predicted octanol–water partition coefficient (Wildman–Crippen LogP) is 4.30. The van der Waals surface area contributed by atoms with Crippen molar-refractivity contribution < 1.29 is 4.39 Å². The normalized spacial score (nSPS) is 18.3. The van der Waals surface area contributed by atoms with Gasteiger partial charge in [-0.2, -0.15) is 0 Å². The van der Waals surface area contributed by atoms with Gasteiger partial charge in [0.25, 0.3) is 0 Å². The minimum Gasteiger partial charge on any atom is -0.355 e. The molecule has 0 aliphatic heterocycles. The Morgan fingerprint density at radius 1 is 1.30 bits per heavy atom. The van der Waals surface area contributed by atoms with Gasteiger partial charge in [0.15, 0.2) is 0 Å². The molecule has 1 aromatic heterocycles. The molecule has 0 unspecified atom stereocenters. The van der Waals surface area contributed by atoms with Gasteiger partial charge < -0.3 is 10.3 Å². The molecular weight excluding hydrogens is 277 g/mol. The highest BCUT2D eigenvalue weighted by molar-refractivity contribution is 6.18. The van der Waals surface area contributed by atoms with Crippen LogP contribution >= 0.6 is 11.6 Å². The Hall–Kier alpha value is -1.29. The highest BCUT2D eigenvalue weighted by Crippen LogP contribution is 2.37. The van der Waals surface area contributed by atoms with Crippen LogP contribution in [0, 0.1) is 11.2 Å². The number of fused-ring (bicyclic) bond motifs is 1.